The molecule has 0 spiro atoms. The van der Waals surface area contributed by atoms with Crippen molar-refractivity contribution in [2.45, 2.75) is 39.0 Å². The van der Waals surface area contributed by atoms with Gasteiger partial charge in [-0.15, -0.1) is 0 Å². The molecule has 1 aromatic rings. The highest BCUT2D eigenvalue weighted by Crippen LogP contribution is 2.53. The zero-order chi connectivity index (χ0) is 12.2. The van der Waals surface area contributed by atoms with E-state index in [1.165, 1.54) is 18.4 Å². The van der Waals surface area contributed by atoms with E-state index in [4.69, 9.17) is 0 Å². The maximum atomic E-state index is 12.6. The third kappa shape index (κ3) is 1.34. The number of ketones is 1. The Balaban J connectivity index is 2.21. The summed E-state index contributed by atoms with van der Waals surface area (Å²) in [5.74, 6) is 1.76. The van der Waals surface area contributed by atoms with Gasteiger partial charge in [-0.1, -0.05) is 45.0 Å². The Labute approximate surface area is 103 Å². The lowest BCUT2D eigenvalue weighted by Gasteiger charge is -2.42. The Kier molecular flexibility index (Phi) is 2.23. The molecule has 0 heterocycles. The molecule has 1 nitrogen and oxygen atoms in total. The monoisotopic (exact) mass is 228 g/mol. The molecule has 1 aromatic carbocycles. The summed E-state index contributed by atoms with van der Waals surface area (Å²) < 4.78 is 0. The van der Waals surface area contributed by atoms with Crippen LogP contribution in [0.15, 0.2) is 24.3 Å². The summed E-state index contributed by atoms with van der Waals surface area (Å²) in [6, 6.07) is 8.21. The Morgan fingerprint density at radius 2 is 1.88 bits per heavy atom. The molecule has 3 rings (SSSR count). The fourth-order valence-electron chi connectivity index (χ4n) is 4.09. The summed E-state index contributed by atoms with van der Waals surface area (Å²) in [6.07, 6.45) is 2.41. The molecule has 1 fully saturated rings. The van der Waals surface area contributed by atoms with Crippen molar-refractivity contribution in [1.82, 2.24) is 0 Å². The molecule has 1 saturated carbocycles. The van der Waals surface area contributed by atoms with Gasteiger partial charge in [0.05, 0.1) is 0 Å². The SMILES string of the molecule is C[C@@H]1CC[C@@H]2[C@@H]1C(=O)c1ccccc1C2(C)C. The van der Waals surface area contributed by atoms with Crippen LogP contribution in [0.4, 0.5) is 0 Å². The first kappa shape index (κ1) is 11.0. The molecule has 3 atom stereocenters. The molecule has 2 aliphatic carbocycles. The van der Waals surface area contributed by atoms with Gasteiger partial charge in [-0.2, -0.15) is 0 Å². The first-order valence-electron chi connectivity index (χ1n) is 6.67. The maximum absolute atomic E-state index is 12.6. The van der Waals surface area contributed by atoms with E-state index in [0.717, 1.165) is 5.56 Å². The second kappa shape index (κ2) is 3.44. The van der Waals surface area contributed by atoms with Crippen molar-refractivity contribution in [3.05, 3.63) is 35.4 Å². The Morgan fingerprint density at radius 3 is 2.65 bits per heavy atom. The van der Waals surface area contributed by atoms with Crippen LogP contribution in [0.5, 0.6) is 0 Å². The summed E-state index contributed by atoms with van der Waals surface area (Å²) in [5.41, 5.74) is 2.40. The van der Waals surface area contributed by atoms with Crippen molar-refractivity contribution >= 4 is 5.78 Å². The van der Waals surface area contributed by atoms with Gasteiger partial charge in [-0.3, -0.25) is 4.79 Å². The van der Waals surface area contributed by atoms with Crippen LogP contribution in [0.3, 0.4) is 0 Å². The van der Waals surface area contributed by atoms with Gasteiger partial charge in [0.1, 0.15) is 0 Å². The zero-order valence-electron chi connectivity index (χ0n) is 10.9. The molecule has 0 saturated heterocycles. The molecular formula is C16H20O. The van der Waals surface area contributed by atoms with Gasteiger partial charge in [0, 0.05) is 11.5 Å². The van der Waals surface area contributed by atoms with E-state index < -0.39 is 0 Å². The maximum Gasteiger partial charge on any atom is 0.166 e. The topological polar surface area (TPSA) is 17.1 Å². The van der Waals surface area contributed by atoms with Crippen molar-refractivity contribution in [2.75, 3.05) is 0 Å². The van der Waals surface area contributed by atoms with Crippen LogP contribution in [-0.2, 0) is 5.41 Å². The number of carbonyl (C=O) groups excluding carboxylic acids is 1. The molecule has 2 aliphatic rings. The normalized spacial score (nSPS) is 34.3. The van der Waals surface area contributed by atoms with Crippen molar-refractivity contribution in [1.29, 1.82) is 0 Å². The lowest BCUT2D eigenvalue weighted by Crippen LogP contribution is -2.42. The third-order valence-electron chi connectivity index (χ3n) is 5.10. The third-order valence-corrected chi connectivity index (χ3v) is 5.10. The fraction of sp³-hybridized carbons (Fsp3) is 0.562. The quantitative estimate of drug-likeness (QED) is 0.659. The highest BCUT2D eigenvalue weighted by Gasteiger charge is 2.51. The molecule has 0 amide bonds. The van der Waals surface area contributed by atoms with E-state index in [1.54, 1.807) is 0 Å². The largest absolute Gasteiger partial charge is 0.294 e. The van der Waals surface area contributed by atoms with Crippen molar-refractivity contribution in [3.8, 4) is 0 Å². The first-order chi connectivity index (χ1) is 8.03. The number of carbonyl (C=O) groups is 1. The van der Waals surface area contributed by atoms with Crippen LogP contribution in [0.2, 0.25) is 0 Å². The number of rotatable bonds is 0. The van der Waals surface area contributed by atoms with Gasteiger partial charge in [0.2, 0.25) is 0 Å². The van der Waals surface area contributed by atoms with Crippen LogP contribution in [-0.4, -0.2) is 5.78 Å². The summed E-state index contributed by atoms with van der Waals surface area (Å²) in [4.78, 5) is 12.6. The summed E-state index contributed by atoms with van der Waals surface area (Å²) in [5, 5.41) is 0. The van der Waals surface area contributed by atoms with Gasteiger partial charge in [0.15, 0.2) is 5.78 Å². The summed E-state index contributed by atoms with van der Waals surface area (Å²) in [7, 11) is 0. The molecule has 0 bridgehead atoms. The predicted octanol–water partition coefficient (Wildman–Crippen LogP) is 3.82. The zero-order valence-corrected chi connectivity index (χ0v) is 10.9. The number of Topliss-reactive ketones (excluding diaryl/α,β-unsaturated/α-hetero) is 1. The molecule has 0 unspecified atom stereocenters. The van der Waals surface area contributed by atoms with Crippen LogP contribution in [0, 0.1) is 17.8 Å². The minimum Gasteiger partial charge on any atom is -0.294 e. The van der Waals surface area contributed by atoms with Crippen LogP contribution >= 0.6 is 0 Å². The Bertz CT molecular complexity index is 472. The van der Waals surface area contributed by atoms with E-state index in [2.05, 4.69) is 32.9 Å². The lowest BCUT2D eigenvalue weighted by molar-refractivity contribution is 0.0777. The molecule has 1 heteroatoms. The van der Waals surface area contributed by atoms with Crippen molar-refractivity contribution < 1.29 is 4.79 Å². The van der Waals surface area contributed by atoms with E-state index in [9.17, 15) is 4.79 Å². The average molecular weight is 228 g/mol. The number of hydrogen-bond donors (Lipinski definition) is 0. The molecule has 0 aliphatic heterocycles. The minimum absolute atomic E-state index is 0.153. The minimum atomic E-state index is 0.153. The van der Waals surface area contributed by atoms with Crippen LogP contribution in [0.25, 0.3) is 0 Å². The van der Waals surface area contributed by atoms with Gasteiger partial charge < -0.3 is 0 Å². The van der Waals surface area contributed by atoms with Crippen LogP contribution < -0.4 is 0 Å². The Hall–Kier alpha value is -1.11. The molecule has 90 valence electrons. The second-order valence-corrected chi connectivity index (χ2v) is 6.32. The van der Waals surface area contributed by atoms with E-state index >= 15 is 0 Å². The lowest BCUT2D eigenvalue weighted by atomic mass is 9.60. The van der Waals surface area contributed by atoms with E-state index in [1.807, 2.05) is 12.1 Å². The highest BCUT2D eigenvalue weighted by molar-refractivity contribution is 6.01. The molecule has 0 aromatic heterocycles. The Morgan fingerprint density at radius 1 is 1.18 bits per heavy atom. The van der Waals surface area contributed by atoms with Gasteiger partial charge in [0.25, 0.3) is 0 Å². The van der Waals surface area contributed by atoms with E-state index in [0.29, 0.717) is 17.6 Å². The van der Waals surface area contributed by atoms with Crippen molar-refractivity contribution in [3.63, 3.8) is 0 Å². The van der Waals surface area contributed by atoms with Gasteiger partial charge >= 0.3 is 0 Å². The van der Waals surface area contributed by atoms with Crippen molar-refractivity contribution in [2.24, 2.45) is 17.8 Å². The standard InChI is InChI=1S/C16H20O/c1-10-8-9-13-14(10)15(17)11-6-4-5-7-12(11)16(13,2)3/h4-7,10,13-14H,8-9H2,1-3H3/t10-,13-,14-/m1/s1. The summed E-state index contributed by atoms with van der Waals surface area (Å²) in [6.45, 7) is 6.87. The molecule has 17 heavy (non-hydrogen) atoms. The van der Waals surface area contributed by atoms with Gasteiger partial charge in [-0.05, 0) is 35.7 Å². The van der Waals surface area contributed by atoms with Gasteiger partial charge in [-0.25, -0.2) is 0 Å². The second-order valence-electron chi connectivity index (χ2n) is 6.32. The van der Waals surface area contributed by atoms with Crippen LogP contribution in [0.1, 0.15) is 49.5 Å². The summed E-state index contributed by atoms with van der Waals surface area (Å²) >= 11 is 0. The molecular weight excluding hydrogens is 208 g/mol. The highest BCUT2D eigenvalue weighted by atomic mass is 16.1. The average Bonchev–Trinajstić information content (AvgIpc) is 2.70. The number of benzene rings is 1. The number of hydrogen-bond acceptors (Lipinski definition) is 1. The number of fused-ring (bicyclic) bond motifs is 2. The van der Waals surface area contributed by atoms with E-state index in [-0.39, 0.29) is 11.3 Å². The fourth-order valence-corrected chi connectivity index (χ4v) is 4.09. The predicted molar refractivity (Wildman–Crippen MR) is 69.2 cm³/mol. The molecule has 0 radical (unpaired) electrons. The molecule has 0 N–H and O–H groups in total. The first-order valence-corrected chi connectivity index (χ1v) is 6.67. The smallest absolute Gasteiger partial charge is 0.166 e.